The Balaban J connectivity index is 1.65. The zero-order valence-corrected chi connectivity index (χ0v) is 28.4. The monoisotopic (exact) mass is 745 g/mol. The number of halogens is 9. The van der Waals surface area contributed by atoms with Crippen LogP contribution in [0.25, 0.3) is 5.57 Å². The van der Waals surface area contributed by atoms with Gasteiger partial charge in [0, 0.05) is 44.8 Å². The largest absolute Gasteiger partial charge is 0.496 e. The van der Waals surface area contributed by atoms with Crippen molar-refractivity contribution in [3.8, 4) is 5.75 Å². The van der Waals surface area contributed by atoms with Crippen LogP contribution >= 0.6 is 0 Å². The minimum atomic E-state index is -5.19. The van der Waals surface area contributed by atoms with Crippen LogP contribution in [0.4, 0.5) is 51.1 Å². The number of anilines is 2. The summed E-state index contributed by atoms with van der Waals surface area (Å²) in [4.78, 5) is 25.1. The third-order valence-electron chi connectivity index (χ3n) is 8.87. The van der Waals surface area contributed by atoms with Gasteiger partial charge in [0.1, 0.15) is 5.75 Å². The molecule has 0 N–H and O–H groups in total. The minimum Gasteiger partial charge on any atom is -0.496 e. The fraction of sp³-hybridized carbons (Fsp3) is 0.457. The van der Waals surface area contributed by atoms with E-state index in [4.69, 9.17) is 9.47 Å². The molecule has 2 aliphatic heterocycles. The summed E-state index contributed by atoms with van der Waals surface area (Å²) in [5.74, 6) is -1.77. The van der Waals surface area contributed by atoms with E-state index in [1.807, 2.05) is 30.9 Å². The molecule has 0 aliphatic carbocycles. The minimum absolute atomic E-state index is 0.0118. The number of hydrogen-bond donors (Lipinski definition) is 0. The second-order valence-corrected chi connectivity index (χ2v) is 12.8. The number of ether oxygens (including phenoxy) is 2. The van der Waals surface area contributed by atoms with Crippen LogP contribution in [0.2, 0.25) is 0 Å². The molecule has 0 bridgehead atoms. The highest BCUT2D eigenvalue weighted by molar-refractivity contribution is 5.84. The molecule has 2 aromatic carbocycles. The van der Waals surface area contributed by atoms with Crippen molar-refractivity contribution in [2.75, 3.05) is 62.8 Å². The fourth-order valence-electron chi connectivity index (χ4n) is 6.19. The average Bonchev–Trinajstić information content (AvgIpc) is 3.10. The Labute approximate surface area is 293 Å². The van der Waals surface area contributed by atoms with E-state index in [-0.39, 0.29) is 43.0 Å². The van der Waals surface area contributed by atoms with Crippen LogP contribution in [-0.4, -0.2) is 80.0 Å². The van der Waals surface area contributed by atoms with E-state index in [0.717, 1.165) is 5.56 Å². The van der Waals surface area contributed by atoms with E-state index in [2.05, 4.69) is 9.97 Å². The second kappa shape index (κ2) is 15.2. The number of carbonyl (C=O) groups excluding carboxylic acids is 1. The molecule has 0 atom stereocenters. The number of rotatable bonds is 9. The normalized spacial score (nSPS) is 16.1. The molecule has 0 saturated carbocycles. The van der Waals surface area contributed by atoms with Crippen LogP contribution in [0.1, 0.15) is 54.0 Å². The zero-order valence-electron chi connectivity index (χ0n) is 28.4. The first-order valence-electron chi connectivity index (χ1n) is 16.3. The standard InChI is InChI=1S/C35H36F9N5O3/c1-21(2)23-4-5-30(51-3)29(14-23)28-6-7-48(31(50)35(42,43)44)19-24(28)20-49(32-45-16-27(17-46-32)47-8-10-52-11-9-47)18-22-12-25(33(36,37)38)15-26(13-22)34(39,40)41/h4-5,12-17,21H,6-11,18-20H2,1-3H3. The molecule has 1 aromatic heterocycles. The highest BCUT2D eigenvalue weighted by Gasteiger charge is 2.44. The molecule has 0 spiro atoms. The molecule has 5 rings (SSSR count). The summed E-state index contributed by atoms with van der Waals surface area (Å²) in [6, 6.07) is 6.52. The number of benzene rings is 2. The molecule has 282 valence electrons. The number of morpholine rings is 1. The number of alkyl halides is 9. The Morgan fingerprint density at radius 2 is 1.50 bits per heavy atom. The summed E-state index contributed by atoms with van der Waals surface area (Å²) in [5, 5.41) is 0. The Morgan fingerprint density at radius 1 is 0.885 bits per heavy atom. The van der Waals surface area contributed by atoms with E-state index in [0.29, 0.717) is 65.9 Å². The molecule has 0 unspecified atom stereocenters. The van der Waals surface area contributed by atoms with Crippen molar-refractivity contribution in [3.05, 3.63) is 82.2 Å². The van der Waals surface area contributed by atoms with Gasteiger partial charge in [-0.05, 0) is 64.9 Å². The van der Waals surface area contributed by atoms with Crippen molar-refractivity contribution >= 4 is 23.1 Å². The molecule has 8 nitrogen and oxygen atoms in total. The lowest BCUT2D eigenvalue weighted by atomic mass is 9.89. The lowest BCUT2D eigenvalue weighted by molar-refractivity contribution is -0.185. The van der Waals surface area contributed by atoms with Gasteiger partial charge in [-0.15, -0.1) is 0 Å². The van der Waals surface area contributed by atoms with Crippen molar-refractivity contribution in [2.45, 2.75) is 51.3 Å². The molecule has 2 aliphatic rings. The van der Waals surface area contributed by atoms with Crippen molar-refractivity contribution in [1.82, 2.24) is 14.9 Å². The summed E-state index contributed by atoms with van der Waals surface area (Å²) in [5.41, 5.74) is -0.716. The first kappa shape index (κ1) is 38.7. The van der Waals surface area contributed by atoms with Gasteiger partial charge >= 0.3 is 24.4 Å². The van der Waals surface area contributed by atoms with Gasteiger partial charge in [-0.3, -0.25) is 4.79 Å². The van der Waals surface area contributed by atoms with E-state index < -0.39 is 54.2 Å². The van der Waals surface area contributed by atoms with Crippen molar-refractivity contribution in [3.63, 3.8) is 0 Å². The number of methoxy groups -OCH3 is 1. The lowest BCUT2D eigenvalue weighted by Crippen LogP contribution is -2.46. The van der Waals surface area contributed by atoms with Crippen LogP contribution < -0.4 is 14.5 Å². The van der Waals surface area contributed by atoms with Gasteiger partial charge in [0.2, 0.25) is 5.95 Å². The number of hydrogen-bond acceptors (Lipinski definition) is 7. The van der Waals surface area contributed by atoms with Gasteiger partial charge in [0.25, 0.3) is 0 Å². The van der Waals surface area contributed by atoms with Crippen LogP contribution in [-0.2, 0) is 28.4 Å². The molecule has 17 heteroatoms. The maximum absolute atomic E-state index is 13.8. The second-order valence-electron chi connectivity index (χ2n) is 12.8. The third kappa shape index (κ3) is 9.08. The Bertz CT molecular complexity index is 1740. The fourth-order valence-corrected chi connectivity index (χ4v) is 6.19. The third-order valence-corrected chi connectivity index (χ3v) is 8.87. The number of aromatic nitrogens is 2. The van der Waals surface area contributed by atoms with E-state index in [9.17, 15) is 44.3 Å². The van der Waals surface area contributed by atoms with Gasteiger partial charge in [-0.25, -0.2) is 9.97 Å². The molecular formula is C35H36F9N5O3. The molecule has 1 fully saturated rings. The van der Waals surface area contributed by atoms with Gasteiger partial charge in [-0.2, -0.15) is 39.5 Å². The van der Waals surface area contributed by atoms with Crippen molar-refractivity contribution in [1.29, 1.82) is 0 Å². The van der Waals surface area contributed by atoms with Gasteiger partial charge in [0.05, 0.1) is 49.5 Å². The van der Waals surface area contributed by atoms with Crippen LogP contribution in [0.5, 0.6) is 5.75 Å². The first-order valence-corrected chi connectivity index (χ1v) is 16.3. The van der Waals surface area contributed by atoms with Gasteiger partial charge in [0.15, 0.2) is 0 Å². The maximum atomic E-state index is 13.8. The average molecular weight is 746 g/mol. The van der Waals surface area contributed by atoms with E-state index in [1.165, 1.54) is 24.4 Å². The summed E-state index contributed by atoms with van der Waals surface area (Å²) in [6.07, 6.45) is -12.6. The Kier molecular flexibility index (Phi) is 11.3. The Hall–Kier alpha value is -4.54. The van der Waals surface area contributed by atoms with Crippen LogP contribution in [0.3, 0.4) is 0 Å². The smallest absolute Gasteiger partial charge is 0.471 e. The SMILES string of the molecule is COc1ccc(C(C)C)cc1C1=C(CN(Cc2cc(C(F)(F)F)cc(C(F)(F)F)c2)c2ncc(N3CCOCC3)cn2)CN(C(=O)C(F)(F)F)CC1. The van der Waals surface area contributed by atoms with Crippen molar-refractivity contribution in [2.24, 2.45) is 0 Å². The molecule has 3 heterocycles. The zero-order chi connectivity index (χ0) is 38.0. The van der Waals surface area contributed by atoms with Gasteiger partial charge in [-0.1, -0.05) is 19.9 Å². The first-order chi connectivity index (χ1) is 24.3. The molecule has 3 aromatic rings. The van der Waals surface area contributed by atoms with E-state index in [1.54, 1.807) is 6.07 Å². The summed E-state index contributed by atoms with van der Waals surface area (Å²) < 4.78 is 135. The highest BCUT2D eigenvalue weighted by Crippen LogP contribution is 2.39. The quantitative estimate of drug-likeness (QED) is 0.208. The van der Waals surface area contributed by atoms with Crippen LogP contribution in [0, 0.1) is 0 Å². The summed E-state index contributed by atoms with van der Waals surface area (Å²) in [7, 11) is 1.42. The van der Waals surface area contributed by atoms with Gasteiger partial charge < -0.3 is 24.2 Å². The number of nitrogens with zero attached hydrogens (tertiary/aromatic N) is 5. The highest BCUT2D eigenvalue weighted by atomic mass is 19.4. The van der Waals surface area contributed by atoms with Crippen LogP contribution in [0.15, 0.2) is 54.4 Å². The summed E-state index contributed by atoms with van der Waals surface area (Å²) in [6.45, 7) is 4.00. The molecular weight excluding hydrogens is 709 g/mol. The van der Waals surface area contributed by atoms with Crippen molar-refractivity contribution < 1.29 is 53.8 Å². The van der Waals surface area contributed by atoms with E-state index >= 15 is 0 Å². The number of amides is 1. The molecule has 1 amide bonds. The predicted molar refractivity (Wildman–Crippen MR) is 174 cm³/mol. The topological polar surface area (TPSA) is 71.0 Å². The maximum Gasteiger partial charge on any atom is 0.471 e. The predicted octanol–water partition coefficient (Wildman–Crippen LogP) is 7.74. The molecule has 52 heavy (non-hydrogen) atoms. The summed E-state index contributed by atoms with van der Waals surface area (Å²) >= 11 is 0. The Morgan fingerprint density at radius 3 is 2.04 bits per heavy atom. The number of carbonyl (C=O) groups is 1. The molecule has 1 saturated heterocycles. The molecule has 0 radical (unpaired) electrons. The lowest BCUT2D eigenvalue weighted by Gasteiger charge is -2.35.